The Labute approximate surface area is 149 Å². The fourth-order valence-corrected chi connectivity index (χ4v) is 3.28. The highest BCUT2D eigenvalue weighted by Gasteiger charge is 2.24. The summed E-state index contributed by atoms with van der Waals surface area (Å²) in [4.78, 5) is 29.5. The molecule has 0 saturated heterocycles. The molecule has 2 amide bonds. The minimum atomic E-state index is -0.515. The van der Waals surface area contributed by atoms with E-state index in [4.69, 9.17) is 0 Å². The normalized spacial score (nSPS) is 11.3. The maximum Gasteiger partial charge on any atom is 0.254 e. The van der Waals surface area contributed by atoms with Crippen LogP contribution in [0.3, 0.4) is 0 Å². The summed E-state index contributed by atoms with van der Waals surface area (Å²) in [5.41, 5.74) is -0.0147. The third kappa shape index (κ3) is 5.07. The Bertz CT molecular complexity index is 704. The molecule has 7 nitrogen and oxygen atoms in total. The van der Waals surface area contributed by atoms with E-state index < -0.39 is 5.41 Å². The molecule has 0 aliphatic carbocycles. The van der Waals surface area contributed by atoms with Gasteiger partial charge in [-0.15, -0.1) is 11.3 Å². The largest absolute Gasteiger partial charge is 0.351 e. The summed E-state index contributed by atoms with van der Waals surface area (Å²) in [6, 6.07) is 1.79. The lowest BCUT2D eigenvalue weighted by Crippen LogP contribution is -2.30. The van der Waals surface area contributed by atoms with Crippen LogP contribution < -0.4 is 10.6 Å². The number of aromatic nitrogens is 3. The molecule has 0 spiro atoms. The van der Waals surface area contributed by atoms with Gasteiger partial charge in [0.15, 0.2) is 5.16 Å². The molecule has 0 atom stereocenters. The number of thioether (sulfide) groups is 1. The van der Waals surface area contributed by atoms with Crippen molar-refractivity contribution in [3.05, 3.63) is 22.8 Å². The maximum absolute atomic E-state index is 12.4. The van der Waals surface area contributed by atoms with Crippen LogP contribution in [0, 0.1) is 12.3 Å². The molecule has 2 heterocycles. The lowest BCUT2D eigenvalue weighted by molar-refractivity contribution is -0.123. The molecule has 0 aliphatic heterocycles. The number of nitrogens with one attached hydrogen (secondary N) is 3. The molecule has 130 valence electrons. The first-order valence-electron chi connectivity index (χ1n) is 7.45. The van der Waals surface area contributed by atoms with Crippen LogP contribution in [0.25, 0.3) is 0 Å². The fourth-order valence-electron chi connectivity index (χ4n) is 1.74. The van der Waals surface area contributed by atoms with Gasteiger partial charge < -0.3 is 10.6 Å². The minimum Gasteiger partial charge on any atom is -0.351 e. The van der Waals surface area contributed by atoms with Crippen molar-refractivity contribution in [1.29, 1.82) is 0 Å². The number of hydrogen-bond acceptors (Lipinski definition) is 6. The van der Waals surface area contributed by atoms with Crippen molar-refractivity contribution >= 4 is 39.9 Å². The van der Waals surface area contributed by atoms with Crippen molar-refractivity contribution in [2.24, 2.45) is 5.41 Å². The molecule has 2 rings (SSSR count). The summed E-state index contributed by atoms with van der Waals surface area (Å²) in [6.07, 6.45) is 1.44. The number of carbonyl (C=O) groups excluding carboxylic acids is 2. The average molecular weight is 368 g/mol. The van der Waals surface area contributed by atoms with Gasteiger partial charge in [-0.05, 0) is 13.0 Å². The Balaban J connectivity index is 1.92. The summed E-state index contributed by atoms with van der Waals surface area (Å²) in [6.45, 7) is 7.91. The van der Waals surface area contributed by atoms with Crippen LogP contribution in [0.1, 0.15) is 36.0 Å². The first-order chi connectivity index (χ1) is 11.3. The monoisotopic (exact) mass is 367 g/mol. The zero-order chi connectivity index (χ0) is 17.7. The molecular weight excluding hydrogens is 346 g/mol. The van der Waals surface area contributed by atoms with E-state index in [0.29, 0.717) is 28.0 Å². The van der Waals surface area contributed by atoms with Gasteiger partial charge >= 0.3 is 0 Å². The molecule has 0 saturated carbocycles. The zero-order valence-electron chi connectivity index (χ0n) is 14.1. The maximum atomic E-state index is 12.4. The van der Waals surface area contributed by atoms with Gasteiger partial charge in [0.25, 0.3) is 5.91 Å². The third-order valence-corrected chi connectivity index (χ3v) is 4.87. The van der Waals surface area contributed by atoms with Gasteiger partial charge in [-0.25, -0.2) is 4.98 Å². The summed E-state index contributed by atoms with van der Waals surface area (Å²) in [5, 5.41) is 13.5. The quantitative estimate of drug-likeness (QED) is 0.538. The number of thiophene rings is 1. The fraction of sp³-hybridized carbons (Fsp3) is 0.467. The van der Waals surface area contributed by atoms with Gasteiger partial charge in [-0.1, -0.05) is 32.5 Å². The highest BCUT2D eigenvalue weighted by atomic mass is 32.2. The first kappa shape index (κ1) is 18.5. The van der Waals surface area contributed by atoms with Gasteiger partial charge in [0.1, 0.15) is 11.3 Å². The summed E-state index contributed by atoms with van der Waals surface area (Å²) >= 11 is 2.88. The lowest BCUT2D eigenvalue weighted by Gasteiger charge is -2.17. The number of nitrogens with zero attached hydrogens (tertiary/aromatic N) is 2. The summed E-state index contributed by atoms with van der Waals surface area (Å²) < 4.78 is 0. The van der Waals surface area contributed by atoms with Crippen LogP contribution in [0.15, 0.2) is 17.6 Å². The molecule has 0 unspecified atom stereocenters. The Hall–Kier alpha value is -1.87. The Kier molecular flexibility index (Phi) is 6.00. The molecule has 0 aromatic carbocycles. The topological polar surface area (TPSA) is 99.8 Å². The number of aryl methyl sites for hydroxylation is 1. The molecule has 9 heteroatoms. The van der Waals surface area contributed by atoms with Crippen LogP contribution in [-0.2, 0) is 4.79 Å². The van der Waals surface area contributed by atoms with Gasteiger partial charge in [0.05, 0.1) is 5.56 Å². The smallest absolute Gasteiger partial charge is 0.254 e. The Morgan fingerprint density at radius 1 is 1.38 bits per heavy atom. The van der Waals surface area contributed by atoms with E-state index in [1.165, 1.54) is 29.4 Å². The Morgan fingerprint density at radius 3 is 2.75 bits per heavy atom. The van der Waals surface area contributed by atoms with E-state index in [1.807, 2.05) is 27.7 Å². The number of aromatic amines is 1. The van der Waals surface area contributed by atoms with E-state index in [9.17, 15) is 9.59 Å². The predicted octanol–water partition coefficient (Wildman–Crippen LogP) is 2.68. The lowest BCUT2D eigenvalue weighted by atomic mass is 9.96. The number of amides is 2. The third-order valence-electron chi connectivity index (χ3n) is 3.03. The second-order valence-corrected chi connectivity index (χ2v) is 8.54. The van der Waals surface area contributed by atoms with E-state index in [0.717, 1.165) is 4.88 Å². The van der Waals surface area contributed by atoms with Crippen LogP contribution in [0.5, 0.6) is 0 Å². The van der Waals surface area contributed by atoms with Crippen LogP contribution in [0.4, 0.5) is 5.00 Å². The molecule has 24 heavy (non-hydrogen) atoms. The number of carbonyl (C=O) groups is 2. The summed E-state index contributed by atoms with van der Waals surface area (Å²) in [5.74, 6) is 0.370. The van der Waals surface area contributed by atoms with Crippen LogP contribution in [0.2, 0.25) is 0 Å². The second kappa shape index (κ2) is 7.80. The van der Waals surface area contributed by atoms with Crippen LogP contribution in [-0.4, -0.2) is 39.3 Å². The molecule has 3 N–H and O–H groups in total. The predicted molar refractivity (Wildman–Crippen MR) is 96.6 cm³/mol. The molecule has 0 bridgehead atoms. The second-order valence-electron chi connectivity index (χ2n) is 6.20. The standard InChI is InChI=1S/C15H21N5O2S2/c1-9-7-10(12(24-9)19-13(22)15(2,3)4)11(21)16-5-6-23-14-17-8-18-20-14/h7-8H,5-6H2,1-4H3,(H,16,21)(H,19,22)(H,17,18,20). The molecule has 2 aromatic rings. The highest BCUT2D eigenvalue weighted by Crippen LogP contribution is 2.29. The Morgan fingerprint density at radius 2 is 2.12 bits per heavy atom. The SMILES string of the molecule is Cc1cc(C(=O)NCCSc2ncn[nH]2)c(NC(=O)C(C)(C)C)s1. The zero-order valence-corrected chi connectivity index (χ0v) is 15.7. The molecular formula is C15H21N5O2S2. The number of anilines is 1. The van der Waals surface area contributed by atoms with E-state index in [1.54, 1.807) is 6.07 Å². The van der Waals surface area contributed by atoms with Gasteiger partial charge in [-0.3, -0.25) is 14.7 Å². The van der Waals surface area contributed by atoms with Crippen LogP contribution >= 0.6 is 23.1 Å². The minimum absolute atomic E-state index is 0.112. The number of H-pyrrole nitrogens is 1. The van der Waals surface area contributed by atoms with E-state index in [-0.39, 0.29) is 11.8 Å². The van der Waals surface area contributed by atoms with Crippen molar-refractivity contribution in [3.63, 3.8) is 0 Å². The van der Waals surface area contributed by atoms with Crippen molar-refractivity contribution in [1.82, 2.24) is 20.5 Å². The highest BCUT2D eigenvalue weighted by molar-refractivity contribution is 7.99. The van der Waals surface area contributed by atoms with E-state index in [2.05, 4.69) is 25.8 Å². The van der Waals surface area contributed by atoms with Crippen molar-refractivity contribution in [2.45, 2.75) is 32.9 Å². The molecule has 0 fully saturated rings. The molecule has 0 aliphatic rings. The van der Waals surface area contributed by atoms with Crippen molar-refractivity contribution in [2.75, 3.05) is 17.6 Å². The van der Waals surface area contributed by atoms with Gasteiger partial charge in [0.2, 0.25) is 5.91 Å². The first-order valence-corrected chi connectivity index (χ1v) is 9.26. The molecule has 2 aromatic heterocycles. The van der Waals surface area contributed by atoms with E-state index >= 15 is 0 Å². The average Bonchev–Trinajstić information content (AvgIpc) is 3.12. The van der Waals surface area contributed by atoms with Gasteiger partial charge in [-0.2, -0.15) is 5.10 Å². The van der Waals surface area contributed by atoms with Crippen molar-refractivity contribution < 1.29 is 9.59 Å². The van der Waals surface area contributed by atoms with Crippen molar-refractivity contribution in [3.8, 4) is 0 Å². The van der Waals surface area contributed by atoms with Gasteiger partial charge in [0, 0.05) is 22.6 Å². The molecule has 0 radical (unpaired) electrons. The number of hydrogen-bond donors (Lipinski definition) is 3. The summed E-state index contributed by atoms with van der Waals surface area (Å²) in [7, 11) is 0. The number of rotatable bonds is 6.